The molecule has 142 valence electrons. The molecule has 0 aromatic heterocycles. The van der Waals surface area contributed by atoms with Crippen LogP contribution in [0, 0.1) is 23.2 Å². The molecule has 0 amide bonds. The third kappa shape index (κ3) is 3.73. The average molecular weight is 357 g/mol. The summed E-state index contributed by atoms with van der Waals surface area (Å²) >= 11 is 0. The fraction of sp³-hybridized carbons (Fsp3) is 0.609. The number of carbonyl (C=O) groups is 1. The molecule has 2 fully saturated rings. The highest BCUT2D eigenvalue weighted by molar-refractivity contribution is 5.90. The smallest absolute Gasteiger partial charge is 0.338 e. The molecule has 0 unspecified atom stereocenters. The Morgan fingerprint density at radius 1 is 1.38 bits per heavy atom. The van der Waals surface area contributed by atoms with Crippen LogP contribution in [0.15, 0.2) is 30.3 Å². The molecule has 0 heterocycles. The second-order valence-electron chi connectivity index (χ2n) is 8.32. The summed E-state index contributed by atoms with van der Waals surface area (Å²) in [5, 5.41) is 10.4. The highest BCUT2D eigenvalue weighted by Gasteiger charge is 2.51. The summed E-state index contributed by atoms with van der Waals surface area (Å²) in [5.74, 6) is 1.27. The molecule has 3 rings (SSSR count). The largest absolute Gasteiger partial charge is 0.462 e. The van der Waals surface area contributed by atoms with E-state index in [9.17, 15) is 9.90 Å². The van der Waals surface area contributed by atoms with Crippen molar-refractivity contribution in [1.82, 2.24) is 0 Å². The Bertz CT molecular complexity index is 665. The maximum absolute atomic E-state index is 11.9. The van der Waals surface area contributed by atoms with E-state index in [0.717, 1.165) is 24.8 Å². The van der Waals surface area contributed by atoms with E-state index in [1.807, 2.05) is 25.1 Å². The highest BCUT2D eigenvalue weighted by Crippen LogP contribution is 2.57. The summed E-state index contributed by atoms with van der Waals surface area (Å²) in [6, 6.07) is 7.62. The zero-order valence-electron chi connectivity index (χ0n) is 16.3. The van der Waals surface area contributed by atoms with Crippen LogP contribution in [0.5, 0.6) is 0 Å². The number of hydrogen-bond donors (Lipinski definition) is 1. The van der Waals surface area contributed by atoms with Gasteiger partial charge in [0.05, 0.1) is 18.3 Å². The number of aliphatic hydroxyl groups excluding tert-OH is 1. The first-order chi connectivity index (χ1) is 12.5. The van der Waals surface area contributed by atoms with Crippen LogP contribution in [0.3, 0.4) is 0 Å². The zero-order valence-corrected chi connectivity index (χ0v) is 16.3. The molecule has 26 heavy (non-hydrogen) atoms. The minimum absolute atomic E-state index is 0.115. The molecule has 0 saturated heterocycles. The van der Waals surface area contributed by atoms with Crippen LogP contribution in [0.2, 0.25) is 0 Å². The van der Waals surface area contributed by atoms with E-state index in [1.165, 1.54) is 12.8 Å². The van der Waals surface area contributed by atoms with E-state index in [4.69, 9.17) is 4.74 Å². The lowest BCUT2D eigenvalue weighted by atomic mass is 9.62. The SMILES string of the molecule is CCOC(=O)c1cccc(/C=C/[C@@H](C)[C@H]2CC[C@H]3[C@@H](O)CCC[C@@]23C)c1. The third-order valence-corrected chi connectivity index (χ3v) is 6.79. The normalized spacial score (nSPS) is 32.4. The van der Waals surface area contributed by atoms with Gasteiger partial charge in [0, 0.05) is 0 Å². The minimum atomic E-state index is -0.266. The minimum Gasteiger partial charge on any atom is -0.462 e. The van der Waals surface area contributed by atoms with Gasteiger partial charge in [-0.1, -0.05) is 44.6 Å². The highest BCUT2D eigenvalue weighted by atomic mass is 16.5. The number of esters is 1. The van der Waals surface area contributed by atoms with Crippen molar-refractivity contribution in [3.05, 3.63) is 41.5 Å². The van der Waals surface area contributed by atoms with E-state index in [1.54, 1.807) is 6.07 Å². The maximum Gasteiger partial charge on any atom is 0.338 e. The summed E-state index contributed by atoms with van der Waals surface area (Å²) in [5.41, 5.74) is 1.89. The molecular weight excluding hydrogens is 324 g/mol. The lowest BCUT2D eigenvalue weighted by Crippen LogP contribution is -2.41. The molecule has 2 aliphatic rings. The molecule has 3 heteroatoms. The summed E-state index contributed by atoms with van der Waals surface area (Å²) in [6.07, 6.45) is 9.99. The van der Waals surface area contributed by atoms with Gasteiger partial charge in [-0.2, -0.15) is 0 Å². The van der Waals surface area contributed by atoms with E-state index < -0.39 is 0 Å². The van der Waals surface area contributed by atoms with Crippen molar-refractivity contribution in [3.8, 4) is 0 Å². The molecular formula is C23H32O3. The van der Waals surface area contributed by atoms with Gasteiger partial charge < -0.3 is 9.84 Å². The number of rotatable bonds is 5. The van der Waals surface area contributed by atoms with Crippen molar-refractivity contribution in [1.29, 1.82) is 0 Å². The predicted octanol–water partition coefficient (Wildman–Crippen LogP) is 5.09. The van der Waals surface area contributed by atoms with Gasteiger partial charge in [0.15, 0.2) is 0 Å². The molecule has 0 bridgehead atoms. The maximum atomic E-state index is 11.9. The van der Waals surface area contributed by atoms with Crippen molar-refractivity contribution in [3.63, 3.8) is 0 Å². The molecule has 3 nitrogen and oxygen atoms in total. The first kappa shape index (κ1) is 19.2. The zero-order chi connectivity index (χ0) is 18.7. The van der Waals surface area contributed by atoms with Crippen LogP contribution >= 0.6 is 0 Å². The Balaban J connectivity index is 1.71. The Kier molecular flexibility index (Phi) is 5.86. The number of hydrogen-bond acceptors (Lipinski definition) is 3. The van der Waals surface area contributed by atoms with Crippen LogP contribution < -0.4 is 0 Å². The fourth-order valence-corrected chi connectivity index (χ4v) is 5.43. The molecule has 0 aliphatic heterocycles. The molecule has 2 saturated carbocycles. The van der Waals surface area contributed by atoms with Gasteiger partial charge in [0.25, 0.3) is 0 Å². The number of allylic oxidation sites excluding steroid dienone is 1. The quantitative estimate of drug-likeness (QED) is 0.748. The molecule has 1 N–H and O–H groups in total. The lowest BCUT2D eigenvalue weighted by Gasteiger charge is -2.44. The predicted molar refractivity (Wildman–Crippen MR) is 105 cm³/mol. The van der Waals surface area contributed by atoms with Crippen molar-refractivity contribution in [2.75, 3.05) is 6.61 Å². The first-order valence-electron chi connectivity index (χ1n) is 10.1. The van der Waals surface area contributed by atoms with Crippen molar-refractivity contribution in [2.45, 2.75) is 59.0 Å². The standard InChI is InChI=1S/C23H32O3/c1-4-26-22(25)18-8-5-7-17(15-18)11-10-16(2)19-12-13-20-21(24)9-6-14-23(19,20)3/h5,7-8,10-11,15-16,19-21,24H,4,6,9,12-14H2,1-3H3/b11-10+/t16-,19-,20+,21+,23+/m1/s1. The van der Waals surface area contributed by atoms with Gasteiger partial charge in [-0.15, -0.1) is 0 Å². The molecule has 1 aromatic carbocycles. The third-order valence-electron chi connectivity index (χ3n) is 6.79. The van der Waals surface area contributed by atoms with Crippen molar-refractivity contribution >= 4 is 12.0 Å². The lowest BCUT2D eigenvalue weighted by molar-refractivity contribution is -0.0230. The molecule has 5 atom stereocenters. The van der Waals surface area contributed by atoms with Crippen LogP contribution in [0.25, 0.3) is 6.08 Å². The van der Waals surface area contributed by atoms with Gasteiger partial charge in [-0.3, -0.25) is 0 Å². The summed E-state index contributed by atoms with van der Waals surface area (Å²) < 4.78 is 5.09. The monoisotopic (exact) mass is 356 g/mol. The van der Waals surface area contributed by atoms with Crippen LogP contribution in [-0.2, 0) is 4.74 Å². The van der Waals surface area contributed by atoms with Crippen molar-refractivity contribution in [2.24, 2.45) is 23.2 Å². The second-order valence-corrected chi connectivity index (χ2v) is 8.32. The van der Waals surface area contributed by atoms with Gasteiger partial charge in [0.2, 0.25) is 0 Å². The Labute approximate surface area is 157 Å². The summed E-state index contributed by atoms with van der Waals surface area (Å²) in [7, 11) is 0. The summed E-state index contributed by atoms with van der Waals surface area (Å²) in [6.45, 7) is 6.90. The average Bonchev–Trinajstić information content (AvgIpc) is 2.98. The topological polar surface area (TPSA) is 46.5 Å². The fourth-order valence-electron chi connectivity index (χ4n) is 5.43. The van der Waals surface area contributed by atoms with Gasteiger partial charge in [0.1, 0.15) is 0 Å². The van der Waals surface area contributed by atoms with Gasteiger partial charge in [-0.25, -0.2) is 4.79 Å². The van der Waals surface area contributed by atoms with E-state index >= 15 is 0 Å². The van der Waals surface area contributed by atoms with Crippen LogP contribution in [-0.4, -0.2) is 23.8 Å². The Morgan fingerprint density at radius 2 is 2.19 bits per heavy atom. The number of benzene rings is 1. The van der Waals surface area contributed by atoms with E-state index in [-0.39, 0.29) is 17.5 Å². The van der Waals surface area contributed by atoms with Gasteiger partial charge >= 0.3 is 5.97 Å². The molecule has 0 radical (unpaired) electrons. The molecule has 2 aliphatic carbocycles. The number of carbonyl (C=O) groups excluding carboxylic acids is 1. The number of aliphatic hydroxyl groups is 1. The Morgan fingerprint density at radius 3 is 2.96 bits per heavy atom. The number of fused-ring (bicyclic) bond motifs is 1. The molecule has 1 aromatic rings. The first-order valence-corrected chi connectivity index (χ1v) is 10.1. The van der Waals surface area contributed by atoms with E-state index in [0.29, 0.717) is 29.9 Å². The second kappa shape index (κ2) is 7.96. The summed E-state index contributed by atoms with van der Waals surface area (Å²) in [4.78, 5) is 11.9. The molecule has 0 spiro atoms. The van der Waals surface area contributed by atoms with Crippen LogP contribution in [0.4, 0.5) is 0 Å². The Hall–Kier alpha value is -1.61. The van der Waals surface area contributed by atoms with Gasteiger partial charge in [-0.05, 0) is 73.5 Å². The van der Waals surface area contributed by atoms with Crippen LogP contribution in [0.1, 0.15) is 68.8 Å². The van der Waals surface area contributed by atoms with E-state index in [2.05, 4.69) is 26.0 Å². The van der Waals surface area contributed by atoms with Crippen molar-refractivity contribution < 1.29 is 14.6 Å². The number of ether oxygens (including phenoxy) is 1.